The quantitative estimate of drug-likeness (QED) is 0.746. The number of carbonyl (C=O) groups excluding carboxylic acids is 1. The summed E-state index contributed by atoms with van der Waals surface area (Å²) in [5.74, 6) is 1.08. The van der Waals surface area contributed by atoms with Crippen molar-refractivity contribution in [3.8, 4) is 0 Å². The molecule has 0 spiro atoms. The lowest BCUT2D eigenvalue weighted by Crippen LogP contribution is -2.51. The van der Waals surface area contributed by atoms with Crippen LogP contribution in [-0.2, 0) is 17.8 Å². The molecular formula is C24H32N4O. The Labute approximate surface area is 174 Å². The summed E-state index contributed by atoms with van der Waals surface area (Å²) in [7, 11) is 0. The van der Waals surface area contributed by atoms with Crippen molar-refractivity contribution in [3.05, 3.63) is 52.8 Å². The first-order chi connectivity index (χ1) is 13.9. The first-order valence-corrected chi connectivity index (χ1v) is 10.7. The van der Waals surface area contributed by atoms with Gasteiger partial charge in [0.05, 0.1) is 11.4 Å². The molecule has 1 saturated heterocycles. The van der Waals surface area contributed by atoms with Crippen molar-refractivity contribution in [1.29, 1.82) is 0 Å². The summed E-state index contributed by atoms with van der Waals surface area (Å²) in [5, 5.41) is 0. The maximum atomic E-state index is 11.3. The molecule has 5 heteroatoms. The molecule has 2 aromatic rings. The molecular weight excluding hydrogens is 360 g/mol. The third kappa shape index (κ3) is 4.15. The molecule has 0 atom stereocenters. The predicted molar refractivity (Wildman–Crippen MR) is 118 cm³/mol. The monoisotopic (exact) mass is 392 g/mol. The molecule has 1 aromatic carbocycles. The lowest BCUT2D eigenvalue weighted by atomic mass is 9.95. The van der Waals surface area contributed by atoms with Crippen molar-refractivity contribution in [2.75, 3.05) is 32.7 Å². The number of amidine groups is 1. The molecule has 0 unspecified atom stereocenters. The number of aldehydes is 1. The van der Waals surface area contributed by atoms with Crippen LogP contribution in [0.1, 0.15) is 43.2 Å². The molecule has 0 amide bonds. The van der Waals surface area contributed by atoms with Crippen molar-refractivity contribution in [2.24, 2.45) is 10.4 Å². The van der Waals surface area contributed by atoms with E-state index in [2.05, 4.69) is 58.7 Å². The minimum absolute atomic E-state index is 0.288. The highest BCUT2D eigenvalue weighted by Crippen LogP contribution is 2.29. The zero-order valence-corrected chi connectivity index (χ0v) is 18.1. The summed E-state index contributed by atoms with van der Waals surface area (Å²) in [4.78, 5) is 21.3. The SMILES string of the molecule is CCc1cc2n(c1)Cc1cc(C)ccc1N=C2N1CCN(CC(C)(C)C=O)CC1. The molecule has 1 aromatic heterocycles. The van der Waals surface area contributed by atoms with E-state index in [0.29, 0.717) is 0 Å². The number of fused-ring (bicyclic) bond motifs is 2. The van der Waals surface area contributed by atoms with Gasteiger partial charge in [0.25, 0.3) is 0 Å². The van der Waals surface area contributed by atoms with Crippen LogP contribution in [0.5, 0.6) is 0 Å². The zero-order chi connectivity index (χ0) is 20.6. The van der Waals surface area contributed by atoms with Crippen molar-refractivity contribution in [1.82, 2.24) is 14.4 Å². The summed E-state index contributed by atoms with van der Waals surface area (Å²) in [6, 6.07) is 8.87. The van der Waals surface area contributed by atoms with Crippen LogP contribution in [0.3, 0.4) is 0 Å². The lowest BCUT2D eigenvalue weighted by Gasteiger charge is -2.38. The molecule has 0 radical (unpaired) electrons. The van der Waals surface area contributed by atoms with Gasteiger partial charge < -0.3 is 14.3 Å². The number of hydrogen-bond acceptors (Lipinski definition) is 4. The molecule has 0 N–H and O–H groups in total. The summed E-state index contributed by atoms with van der Waals surface area (Å²) in [6.45, 7) is 13.8. The van der Waals surface area contributed by atoms with Crippen molar-refractivity contribution < 1.29 is 4.79 Å². The van der Waals surface area contributed by atoms with Crippen LogP contribution in [0.2, 0.25) is 0 Å². The Morgan fingerprint density at radius 2 is 1.90 bits per heavy atom. The highest BCUT2D eigenvalue weighted by Gasteiger charge is 2.28. The van der Waals surface area contributed by atoms with Gasteiger partial charge in [0.15, 0.2) is 5.84 Å². The summed E-state index contributed by atoms with van der Waals surface area (Å²) in [5.41, 5.74) is 5.93. The van der Waals surface area contributed by atoms with Crippen LogP contribution in [0.25, 0.3) is 0 Å². The summed E-state index contributed by atoms with van der Waals surface area (Å²) in [6.07, 6.45) is 4.39. The van der Waals surface area contributed by atoms with Gasteiger partial charge >= 0.3 is 0 Å². The normalized spacial score (nSPS) is 17.4. The van der Waals surface area contributed by atoms with E-state index in [0.717, 1.165) is 63.5 Å². The molecule has 2 aliphatic rings. The Bertz CT molecular complexity index is 932. The van der Waals surface area contributed by atoms with Crippen LogP contribution >= 0.6 is 0 Å². The molecule has 154 valence electrons. The second-order valence-electron chi connectivity index (χ2n) is 9.15. The maximum absolute atomic E-state index is 11.3. The number of hydrogen-bond donors (Lipinski definition) is 0. The zero-order valence-electron chi connectivity index (χ0n) is 18.1. The second-order valence-corrected chi connectivity index (χ2v) is 9.15. The van der Waals surface area contributed by atoms with Gasteiger partial charge in [0.2, 0.25) is 0 Å². The van der Waals surface area contributed by atoms with Gasteiger partial charge in [0, 0.05) is 50.9 Å². The molecule has 3 heterocycles. The molecule has 29 heavy (non-hydrogen) atoms. The molecule has 0 aliphatic carbocycles. The molecule has 4 rings (SSSR count). The van der Waals surface area contributed by atoms with Gasteiger partial charge in [-0.25, -0.2) is 4.99 Å². The molecule has 0 bridgehead atoms. The van der Waals surface area contributed by atoms with Gasteiger partial charge in [-0.2, -0.15) is 0 Å². The number of aryl methyl sites for hydroxylation is 2. The Morgan fingerprint density at radius 3 is 2.59 bits per heavy atom. The van der Waals surface area contributed by atoms with Gasteiger partial charge in [-0.3, -0.25) is 4.90 Å². The van der Waals surface area contributed by atoms with Crippen molar-refractivity contribution in [2.45, 2.75) is 40.7 Å². The number of rotatable bonds is 4. The Balaban J connectivity index is 1.62. The van der Waals surface area contributed by atoms with Gasteiger partial charge in [-0.1, -0.05) is 38.5 Å². The fourth-order valence-electron chi connectivity index (χ4n) is 4.35. The highest BCUT2D eigenvalue weighted by atomic mass is 16.1. The summed E-state index contributed by atoms with van der Waals surface area (Å²) < 4.78 is 2.37. The van der Waals surface area contributed by atoms with Gasteiger partial charge in [0.1, 0.15) is 6.29 Å². The van der Waals surface area contributed by atoms with E-state index in [4.69, 9.17) is 4.99 Å². The number of piperazine rings is 1. The number of aliphatic imine (C=N–C) groups is 1. The minimum Gasteiger partial charge on any atom is -0.352 e. The number of nitrogens with zero attached hydrogens (tertiary/aromatic N) is 4. The first kappa shape index (κ1) is 19.9. The molecule has 0 saturated carbocycles. The third-order valence-electron chi connectivity index (χ3n) is 6.01. The number of aromatic nitrogens is 1. The first-order valence-electron chi connectivity index (χ1n) is 10.7. The Hall–Kier alpha value is -2.40. The van der Waals surface area contributed by atoms with Crippen LogP contribution in [0.15, 0.2) is 35.5 Å². The van der Waals surface area contributed by atoms with E-state index in [-0.39, 0.29) is 5.41 Å². The van der Waals surface area contributed by atoms with Crippen molar-refractivity contribution in [3.63, 3.8) is 0 Å². The Kier molecular flexibility index (Phi) is 5.34. The van der Waals surface area contributed by atoms with Crippen LogP contribution in [0.4, 0.5) is 5.69 Å². The largest absolute Gasteiger partial charge is 0.352 e. The van der Waals surface area contributed by atoms with Gasteiger partial charge in [-0.15, -0.1) is 0 Å². The number of carbonyl (C=O) groups is 1. The fourth-order valence-corrected chi connectivity index (χ4v) is 4.35. The topological polar surface area (TPSA) is 40.8 Å². The second kappa shape index (κ2) is 7.79. The van der Waals surface area contributed by atoms with E-state index in [9.17, 15) is 4.79 Å². The molecule has 5 nitrogen and oxygen atoms in total. The van der Waals surface area contributed by atoms with Gasteiger partial charge in [-0.05, 0) is 36.6 Å². The van der Waals surface area contributed by atoms with Crippen LogP contribution in [0, 0.1) is 12.3 Å². The Morgan fingerprint density at radius 1 is 1.14 bits per heavy atom. The van der Waals surface area contributed by atoms with E-state index >= 15 is 0 Å². The average molecular weight is 393 g/mol. The highest BCUT2D eigenvalue weighted by molar-refractivity contribution is 6.00. The van der Waals surface area contributed by atoms with Crippen LogP contribution in [-0.4, -0.2) is 59.2 Å². The molecule has 2 aliphatic heterocycles. The lowest BCUT2D eigenvalue weighted by molar-refractivity contribution is -0.115. The average Bonchev–Trinajstić information content (AvgIpc) is 3.04. The standard InChI is InChI=1S/C24H32N4O/c1-5-19-13-22-23(27-10-8-26(9-11-27)16-24(3,4)17-29)25-21-7-6-18(2)12-20(21)15-28(22)14-19/h6-7,12-14,17H,5,8-11,15-16H2,1-4H3. The van der Waals surface area contributed by atoms with E-state index in [1.165, 1.54) is 22.4 Å². The van der Waals surface area contributed by atoms with Crippen molar-refractivity contribution >= 4 is 17.8 Å². The van der Waals surface area contributed by atoms with E-state index in [1.54, 1.807) is 0 Å². The minimum atomic E-state index is -0.288. The molecule has 1 fully saturated rings. The smallest absolute Gasteiger partial charge is 0.153 e. The fraction of sp³-hybridized carbons (Fsp3) is 0.500. The third-order valence-corrected chi connectivity index (χ3v) is 6.01. The predicted octanol–water partition coefficient (Wildman–Crippen LogP) is 3.64. The number of benzene rings is 1. The maximum Gasteiger partial charge on any atom is 0.153 e. The van der Waals surface area contributed by atoms with Crippen LogP contribution < -0.4 is 0 Å². The van der Waals surface area contributed by atoms with E-state index < -0.39 is 0 Å². The summed E-state index contributed by atoms with van der Waals surface area (Å²) >= 11 is 0. The van der Waals surface area contributed by atoms with E-state index in [1.807, 2.05) is 13.8 Å².